The van der Waals surface area contributed by atoms with Gasteiger partial charge < -0.3 is 5.73 Å². The molecule has 0 saturated heterocycles. The van der Waals surface area contributed by atoms with Crippen LogP contribution in [0.4, 0.5) is 0 Å². The standard InChI is InChI=1S/C11H21NO/c1-10(2,3)5-4-9(13)11(8-12)6-7-11/h4-8,12H2,1-3H3. The molecule has 1 fully saturated rings. The van der Waals surface area contributed by atoms with Gasteiger partial charge in [-0.1, -0.05) is 20.8 Å². The largest absolute Gasteiger partial charge is 0.329 e. The molecule has 0 aromatic heterocycles. The van der Waals surface area contributed by atoms with Crippen LogP contribution in [0.2, 0.25) is 0 Å². The van der Waals surface area contributed by atoms with Crippen LogP contribution in [0.15, 0.2) is 0 Å². The maximum absolute atomic E-state index is 11.7. The summed E-state index contributed by atoms with van der Waals surface area (Å²) in [6.45, 7) is 7.06. The number of hydrogen-bond donors (Lipinski definition) is 1. The van der Waals surface area contributed by atoms with Crippen LogP contribution >= 0.6 is 0 Å². The molecule has 0 aromatic rings. The van der Waals surface area contributed by atoms with Crippen LogP contribution in [0.5, 0.6) is 0 Å². The Hall–Kier alpha value is -0.370. The van der Waals surface area contributed by atoms with Gasteiger partial charge in [0.25, 0.3) is 0 Å². The van der Waals surface area contributed by atoms with Gasteiger partial charge in [-0.3, -0.25) is 4.79 Å². The third-order valence-electron chi connectivity index (χ3n) is 2.94. The number of carbonyl (C=O) groups is 1. The first-order valence-corrected chi connectivity index (χ1v) is 5.13. The molecule has 2 heteroatoms. The highest BCUT2D eigenvalue weighted by Crippen LogP contribution is 2.46. The second kappa shape index (κ2) is 3.41. The van der Waals surface area contributed by atoms with Crippen LogP contribution in [0.1, 0.15) is 46.5 Å². The zero-order valence-electron chi connectivity index (χ0n) is 9.02. The molecule has 1 aliphatic rings. The summed E-state index contributed by atoms with van der Waals surface area (Å²) in [4.78, 5) is 11.7. The lowest BCUT2D eigenvalue weighted by atomic mass is 9.86. The van der Waals surface area contributed by atoms with Crippen LogP contribution < -0.4 is 5.73 Å². The first-order chi connectivity index (χ1) is 5.90. The summed E-state index contributed by atoms with van der Waals surface area (Å²) in [7, 11) is 0. The molecule has 1 aliphatic carbocycles. The zero-order chi connectivity index (χ0) is 10.1. The smallest absolute Gasteiger partial charge is 0.140 e. The summed E-state index contributed by atoms with van der Waals surface area (Å²) < 4.78 is 0. The fraction of sp³-hybridized carbons (Fsp3) is 0.909. The SMILES string of the molecule is CC(C)(C)CCC(=O)C1(CN)CC1. The second-order valence-electron chi connectivity index (χ2n) is 5.47. The van der Waals surface area contributed by atoms with Gasteiger partial charge in [0.05, 0.1) is 0 Å². The summed E-state index contributed by atoms with van der Waals surface area (Å²) >= 11 is 0. The normalized spacial score (nSPS) is 20.0. The number of Topliss-reactive ketones (excluding diaryl/α,β-unsaturated/α-hetero) is 1. The van der Waals surface area contributed by atoms with Crippen molar-refractivity contribution in [3.63, 3.8) is 0 Å². The minimum atomic E-state index is -0.0920. The summed E-state index contributed by atoms with van der Waals surface area (Å²) in [5.74, 6) is 0.393. The molecule has 0 bridgehead atoms. The van der Waals surface area contributed by atoms with E-state index in [0.717, 1.165) is 19.3 Å². The minimum absolute atomic E-state index is 0.0920. The molecule has 0 atom stereocenters. The second-order valence-corrected chi connectivity index (χ2v) is 5.47. The minimum Gasteiger partial charge on any atom is -0.329 e. The predicted octanol–water partition coefficient (Wildman–Crippen LogP) is 2.12. The molecule has 0 spiro atoms. The topological polar surface area (TPSA) is 43.1 Å². The molecular formula is C11H21NO. The molecule has 2 nitrogen and oxygen atoms in total. The lowest BCUT2D eigenvalue weighted by Gasteiger charge is -2.19. The van der Waals surface area contributed by atoms with E-state index < -0.39 is 0 Å². The molecule has 0 aromatic carbocycles. The van der Waals surface area contributed by atoms with Crippen molar-refractivity contribution in [2.45, 2.75) is 46.5 Å². The van der Waals surface area contributed by atoms with Crippen molar-refractivity contribution in [3.05, 3.63) is 0 Å². The van der Waals surface area contributed by atoms with Crippen LogP contribution in [-0.4, -0.2) is 12.3 Å². The lowest BCUT2D eigenvalue weighted by molar-refractivity contribution is -0.124. The maximum Gasteiger partial charge on any atom is 0.140 e. The Bertz CT molecular complexity index is 199. The Morgan fingerprint density at radius 2 is 1.92 bits per heavy atom. The van der Waals surface area contributed by atoms with E-state index in [9.17, 15) is 4.79 Å². The number of rotatable bonds is 4. The molecule has 2 N–H and O–H groups in total. The number of ketones is 1. The Labute approximate surface area is 80.9 Å². The molecule has 76 valence electrons. The van der Waals surface area contributed by atoms with Gasteiger partial charge in [-0.05, 0) is 24.7 Å². The number of carbonyl (C=O) groups excluding carboxylic acids is 1. The third-order valence-corrected chi connectivity index (χ3v) is 2.94. The molecule has 0 unspecified atom stereocenters. The van der Waals surface area contributed by atoms with Gasteiger partial charge in [0.2, 0.25) is 0 Å². The van der Waals surface area contributed by atoms with Crippen LogP contribution in [0, 0.1) is 10.8 Å². The van der Waals surface area contributed by atoms with Gasteiger partial charge in [-0.2, -0.15) is 0 Å². The van der Waals surface area contributed by atoms with Crippen molar-refractivity contribution in [1.29, 1.82) is 0 Å². The van der Waals surface area contributed by atoms with E-state index in [1.54, 1.807) is 0 Å². The van der Waals surface area contributed by atoms with E-state index in [2.05, 4.69) is 20.8 Å². The van der Waals surface area contributed by atoms with E-state index in [4.69, 9.17) is 5.73 Å². The zero-order valence-corrected chi connectivity index (χ0v) is 9.02. The molecule has 0 radical (unpaired) electrons. The summed E-state index contributed by atoms with van der Waals surface area (Å²) in [5, 5.41) is 0. The van der Waals surface area contributed by atoms with E-state index >= 15 is 0 Å². The summed E-state index contributed by atoms with van der Waals surface area (Å²) in [5.41, 5.74) is 5.76. The van der Waals surface area contributed by atoms with E-state index in [1.165, 1.54) is 0 Å². The molecule has 1 rings (SSSR count). The lowest BCUT2D eigenvalue weighted by Crippen LogP contribution is -2.26. The summed E-state index contributed by atoms with van der Waals surface area (Å²) in [6, 6.07) is 0. The van der Waals surface area contributed by atoms with Crippen molar-refractivity contribution in [1.82, 2.24) is 0 Å². The Kier molecular flexibility index (Phi) is 2.81. The van der Waals surface area contributed by atoms with Crippen molar-refractivity contribution in [2.24, 2.45) is 16.6 Å². The number of nitrogens with two attached hydrogens (primary N) is 1. The van der Waals surface area contributed by atoms with Crippen molar-refractivity contribution in [3.8, 4) is 0 Å². The molecule has 13 heavy (non-hydrogen) atoms. The fourth-order valence-electron chi connectivity index (χ4n) is 1.50. The van der Waals surface area contributed by atoms with Crippen molar-refractivity contribution < 1.29 is 4.79 Å². The molecule has 1 saturated carbocycles. The molecule has 0 heterocycles. The highest BCUT2D eigenvalue weighted by atomic mass is 16.1. The third kappa shape index (κ3) is 2.80. The number of hydrogen-bond acceptors (Lipinski definition) is 2. The van der Waals surface area contributed by atoms with Gasteiger partial charge in [0.1, 0.15) is 5.78 Å². The van der Waals surface area contributed by atoms with E-state index in [0.29, 0.717) is 18.7 Å². The van der Waals surface area contributed by atoms with Gasteiger partial charge in [-0.25, -0.2) is 0 Å². The Morgan fingerprint density at radius 3 is 2.23 bits per heavy atom. The Morgan fingerprint density at radius 1 is 1.38 bits per heavy atom. The first kappa shape index (κ1) is 10.7. The van der Waals surface area contributed by atoms with Crippen LogP contribution in [0.25, 0.3) is 0 Å². The van der Waals surface area contributed by atoms with Gasteiger partial charge in [0, 0.05) is 18.4 Å². The quantitative estimate of drug-likeness (QED) is 0.725. The predicted molar refractivity (Wildman–Crippen MR) is 54.4 cm³/mol. The van der Waals surface area contributed by atoms with E-state index in [1.807, 2.05) is 0 Å². The van der Waals surface area contributed by atoms with Crippen molar-refractivity contribution >= 4 is 5.78 Å². The average molecular weight is 183 g/mol. The Balaban J connectivity index is 2.34. The molecule has 0 amide bonds. The monoisotopic (exact) mass is 183 g/mol. The van der Waals surface area contributed by atoms with E-state index in [-0.39, 0.29) is 10.8 Å². The highest BCUT2D eigenvalue weighted by Gasteiger charge is 2.47. The van der Waals surface area contributed by atoms with Gasteiger partial charge in [-0.15, -0.1) is 0 Å². The van der Waals surface area contributed by atoms with Crippen molar-refractivity contribution in [2.75, 3.05) is 6.54 Å². The fourth-order valence-corrected chi connectivity index (χ4v) is 1.50. The highest BCUT2D eigenvalue weighted by molar-refractivity contribution is 5.87. The van der Waals surface area contributed by atoms with Crippen LogP contribution in [0.3, 0.4) is 0 Å². The van der Waals surface area contributed by atoms with Gasteiger partial charge >= 0.3 is 0 Å². The molecule has 0 aliphatic heterocycles. The molecular weight excluding hydrogens is 162 g/mol. The average Bonchev–Trinajstić information content (AvgIpc) is 2.79. The van der Waals surface area contributed by atoms with Gasteiger partial charge in [0.15, 0.2) is 0 Å². The first-order valence-electron chi connectivity index (χ1n) is 5.13. The maximum atomic E-state index is 11.7. The summed E-state index contributed by atoms with van der Waals surface area (Å²) in [6.07, 6.45) is 3.73. The van der Waals surface area contributed by atoms with Crippen LogP contribution in [-0.2, 0) is 4.79 Å².